The highest BCUT2D eigenvalue weighted by Gasteiger charge is 2.31. The molecule has 0 unspecified atom stereocenters. The zero-order chi connectivity index (χ0) is 28.9. The highest BCUT2D eigenvalue weighted by molar-refractivity contribution is 7.91. The first-order valence-corrected chi connectivity index (χ1v) is 17.0. The topological polar surface area (TPSA) is 116 Å². The Balaban J connectivity index is 1.39. The van der Waals surface area contributed by atoms with Gasteiger partial charge in [-0.1, -0.05) is 27.7 Å². The number of piperazine rings is 1. The van der Waals surface area contributed by atoms with Gasteiger partial charge in [0, 0.05) is 43.7 Å². The van der Waals surface area contributed by atoms with Crippen LogP contribution in [0.1, 0.15) is 63.5 Å². The van der Waals surface area contributed by atoms with Crippen molar-refractivity contribution in [3.8, 4) is 0 Å². The molecule has 0 saturated carbocycles. The first-order chi connectivity index (χ1) is 19.0. The van der Waals surface area contributed by atoms with Gasteiger partial charge in [-0.3, -0.25) is 0 Å². The molecule has 4 rings (SSSR count). The van der Waals surface area contributed by atoms with E-state index in [2.05, 4.69) is 67.8 Å². The van der Waals surface area contributed by atoms with E-state index in [0.717, 1.165) is 63.1 Å². The third-order valence-corrected chi connectivity index (χ3v) is 11.0. The summed E-state index contributed by atoms with van der Waals surface area (Å²) in [6, 6.07) is 2.02. The normalized spacial score (nSPS) is 16.4. The van der Waals surface area contributed by atoms with Gasteiger partial charge in [-0.15, -0.1) is 11.3 Å². The summed E-state index contributed by atoms with van der Waals surface area (Å²) < 4.78 is 43.0. The number of furan rings is 1. The minimum absolute atomic E-state index is 0.135. The van der Waals surface area contributed by atoms with Crippen LogP contribution in [0, 0.1) is 12.3 Å². The zero-order valence-electron chi connectivity index (χ0n) is 24.4. The Morgan fingerprint density at radius 3 is 2.55 bits per heavy atom. The van der Waals surface area contributed by atoms with Gasteiger partial charge in [0.15, 0.2) is 11.6 Å². The smallest absolute Gasteiger partial charge is 0.250 e. The van der Waals surface area contributed by atoms with Crippen LogP contribution in [0.2, 0.25) is 0 Å². The maximum Gasteiger partial charge on any atom is 0.250 e. The molecule has 1 aliphatic heterocycles. The summed E-state index contributed by atoms with van der Waals surface area (Å²) in [5.74, 6) is 2.03. The van der Waals surface area contributed by atoms with Crippen molar-refractivity contribution in [3.63, 3.8) is 0 Å². The fourth-order valence-corrected chi connectivity index (χ4v) is 7.87. The van der Waals surface area contributed by atoms with Crippen LogP contribution < -0.4 is 15.4 Å². The number of nitrogens with zero attached hydrogens (tertiary/aromatic N) is 4. The lowest BCUT2D eigenvalue weighted by molar-refractivity contribution is 0.152. The molecule has 3 aromatic heterocycles. The lowest BCUT2D eigenvalue weighted by Crippen LogP contribution is -2.44. The number of likely N-dealkylation sites (N-methyl/N-ethyl adjacent to an activating group) is 1. The molecule has 0 spiro atoms. The van der Waals surface area contributed by atoms with Crippen molar-refractivity contribution in [1.82, 2.24) is 23.3 Å². The second-order valence-electron chi connectivity index (χ2n) is 11.6. The van der Waals surface area contributed by atoms with Crippen molar-refractivity contribution < 1.29 is 12.8 Å². The number of thiophene rings is 1. The molecule has 3 aromatic rings. The van der Waals surface area contributed by atoms with Crippen LogP contribution in [-0.2, 0) is 16.4 Å². The molecule has 3 N–H and O–H groups in total. The molecule has 40 heavy (non-hydrogen) atoms. The van der Waals surface area contributed by atoms with Crippen molar-refractivity contribution >= 4 is 50.4 Å². The minimum Gasteiger partial charge on any atom is -0.467 e. The number of rotatable bonds is 13. The maximum absolute atomic E-state index is 12.5. The van der Waals surface area contributed by atoms with Gasteiger partial charge < -0.3 is 24.9 Å². The van der Waals surface area contributed by atoms with Gasteiger partial charge in [0.1, 0.15) is 9.97 Å². The number of hydrogen-bond acceptors (Lipinski definition) is 11. The minimum atomic E-state index is -3.53. The molecule has 0 aliphatic carbocycles. The van der Waals surface area contributed by atoms with E-state index in [-0.39, 0.29) is 11.5 Å². The first-order valence-electron chi connectivity index (χ1n) is 13.9. The molecule has 10 nitrogen and oxygen atoms in total. The van der Waals surface area contributed by atoms with Crippen LogP contribution in [0.4, 0.5) is 17.3 Å². The Bertz CT molecular complexity index is 1340. The van der Waals surface area contributed by atoms with Crippen LogP contribution in [0.15, 0.2) is 26.3 Å². The largest absolute Gasteiger partial charge is 0.467 e. The average Bonchev–Trinajstić information content (AvgIpc) is 3.62. The summed E-state index contributed by atoms with van der Waals surface area (Å²) in [6.45, 7) is 16.2. The summed E-state index contributed by atoms with van der Waals surface area (Å²) in [5.41, 5.74) is 2.40. The lowest BCUT2D eigenvalue weighted by Gasteiger charge is -2.32. The molecule has 1 saturated heterocycles. The van der Waals surface area contributed by atoms with Crippen molar-refractivity contribution in [2.45, 2.75) is 64.1 Å². The standard InChI is InChI=1S/C27H43N7O3S3/c1-7-28-40(35,36)26-19(2)21(18-38-26)29-24-25(32-39-31-24)30-23(27(3,4)5)22-16-20(17-37-22)10-8-9-11-34-14-12-33(6)13-15-34/h16-18,23,28H,7-15H2,1-6H3,(H,29,31)(H,30,32)/t23-/m0/s1. The van der Waals surface area contributed by atoms with E-state index >= 15 is 0 Å². The predicted molar refractivity (Wildman–Crippen MR) is 165 cm³/mol. The first kappa shape index (κ1) is 30.9. The number of sulfonamides is 1. The van der Waals surface area contributed by atoms with E-state index in [0.29, 0.717) is 33.6 Å². The molecule has 0 radical (unpaired) electrons. The van der Waals surface area contributed by atoms with E-state index in [9.17, 15) is 8.42 Å². The van der Waals surface area contributed by atoms with Gasteiger partial charge in [-0.2, -0.15) is 8.75 Å². The fourth-order valence-electron chi connectivity index (χ4n) is 4.80. The predicted octanol–water partition coefficient (Wildman–Crippen LogP) is 5.31. The molecule has 4 heterocycles. The summed E-state index contributed by atoms with van der Waals surface area (Å²) in [6.07, 6.45) is 5.19. The van der Waals surface area contributed by atoms with Crippen LogP contribution in [0.5, 0.6) is 0 Å². The number of aryl methyl sites for hydroxylation is 1. The van der Waals surface area contributed by atoms with Crippen LogP contribution in [0.3, 0.4) is 0 Å². The Hall–Kier alpha value is -2.03. The van der Waals surface area contributed by atoms with Crippen LogP contribution >= 0.6 is 23.1 Å². The van der Waals surface area contributed by atoms with E-state index in [1.165, 1.54) is 23.3 Å². The van der Waals surface area contributed by atoms with Crippen LogP contribution in [0.25, 0.3) is 0 Å². The van der Waals surface area contributed by atoms with E-state index in [1.54, 1.807) is 19.2 Å². The Morgan fingerprint density at radius 1 is 1.12 bits per heavy atom. The second-order valence-corrected chi connectivity index (χ2v) is 14.9. The SMILES string of the molecule is CCNS(=O)(=O)c1scc(Nc2nsnc2N[C@@H](c2cc(CCCCN3CCN(C)CC3)co2)C(C)(C)C)c1C. The highest BCUT2D eigenvalue weighted by atomic mass is 32.2. The molecule has 0 amide bonds. The number of unbranched alkanes of at least 4 members (excludes halogenated alkanes) is 1. The number of hydrogen-bond donors (Lipinski definition) is 3. The number of aromatic nitrogens is 2. The summed E-state index contributed by atoms with van der Waals surface area (Å²) in [7, 11) is -1.34. The van der Waals surface area contributed by atoms with E-state index < -0.39 is 10.0 Å². The summed E-state index contributed by atoms with van der Waals surface area (Å²) >= 11 is 2.29. The van der Waals surface area contributed by atoms with E-state index in [1.807, 2.05) is 6.26 Å². The highest BCUT2D eigenvalue weighted by Crippen LogP contribution is 2.39. The number of anilines is 3. The number of nitrogens with one attached hydrogen (secondary N) is 3. The summed E-state index contributed by atoms with van der Waals surface area (Å²) in [5, 5.41) is 8.64. The van der Waals surface area contributed by atoms with Crippen molar-refractivity contribution in [2.75, 3.05) is 56.9 Å². The molecule has 222 valence electrons. The van der Waals surface area contributed by atoms with Gasteiger partial charge in [0.05, 0.1) is 29.7 Å². The van der Waals surface area contributed by atoms with Gasteiger partial charge >= 0.3 is 0 Å². The van der Waals surface area contributed by atoms with Crippen molar-refractivity contribution in [1.29, 1.82) is 0 Å². The lowest BCUT2D eigenvalue weighted by atomic mass is 9.85. The van der Waals surface area contributed by atoms with Crippen molar-refractivity contribution in [3.05, 3.63) is 34.6 Å². The monoisotopic (exact) mass is 609 g/mol. The van der Waals surface area contributed by atoms with E-state index in [4.69, 9.17) is 4.42 Å². The van der Waals surface area contributed by atoms with Crippen LogP contribution in [-0.4, -0.2) is 73.3 Å². The Morgan fingerprint density at radius 2 is 1.85 bits per heavy atom. The molecule has 0 bridgehead atoms. The van der Waals surface area contributed by atoms with Gasteiger partial charge in [-0.05, 0) is 56.8 Å². The van der Waals surface area contributed by atoms with Crippen molar-refractivity contribution in [2.24, 2.45) is 5.41 Å². The van der Waals surface area contributed by atoms with Gasteiger partial charge in [0.25, 0.3) is 0 Å². The third-order valence-electron chi connectivity index (χ3n) is 7.21. The second kappa shape index (κ2) is 13.3. The Labute approximate surface area is 246 Å². The molecule has 0 aromatic carbocycles. The molecular weight excluding hydrogens is 567 g/mol. The molecule has 1 aliphatic rings. The molecule has 13 heteroatoms. The maximum atomic E-state index is 12.5. The quantitative estimate of drug-likeness (QED) is 0.222. The average molecular weight is 610 g/mol. The molecule has 1 atom stereocenters. The molecule has 1 fully saturated rings. The van der Waals surface area contributed by atoms with Gasteiger partial charge in [0.2, 0.25) is 10.0 Å². The van der Waals surface area contributed by atoms with Gasteiger partial charge in [-0.25, -0.2) is 13.1 Å². The Kier molecular flexibility index (Phi) is 10.3. The summed E-state index contributed by atoms with van der Waals surface area (Å²) in [4.78, 5) is 4.95. The third kappa shape index (κ3) is 7.83. The fraction of sp³-hybridized carbons (Fsp3) is 0.630. The zero-order valence-corrected chi connectivity index (χ0v) is 26.9. The molecular formula is C27H43N7O3S3.